The summed E-state index contributed by atoms with van der Waals surface area (Å²) in [6, 6.07) is 5.31. The van der Waals surface area contributed by atoms with Crippen molar-refractivity contribution < 1.29 is 9.18 Å². The minimum absolute atomic E-state index is 0.0156. The zero-order valence-electron chi connectivity index (χ0n) is 14.7. The molecular formula is C18H17BrFN4O2P. The summed E-state index contributed by atoms with van der Waals surface area (Å²) in [5.74, 6) is -1.15. The summed E-state index contributed by atoms with van der Waals surface area (Å²) in [6.07, 6.45) is 2.43. The van der Waals surface area contributed by atoms with Crippen molar-refractivity contribution in [2.24, 2.45) is 0 Å². The monoisotopic (exact) mass is 450 g/mol. The Bertz CT molecular complexity index is 1080. The topological polar surface area (TPSA) is 76.9 Å². The van der Waals surface area contributed by atoms with E-state index in [0.29, 0.717) is 16.4 Å². The molecule has 0 aliphatic heterocycles. The first-order chi connectivity index (χ1) is 12.8. The number of fused-ring (bicyclic) bond motifs is 1. The van der Waals surface area contributed by atoms with Crippen LogP contribution in [0.4, 0.5) is 10.1 Å². The van der Waals surface area contributed by atoms with Crippen LogP contribution in [0.25, 0.3) is 10.8 Å². The second kappa shape index (κ2) is 7.82. The van der Waals surface area contributed by atoms with Crippen LogP contribution in [-0.4, -0.2) is 20.7 Å². The molecule has 0 saturated heterocycles. The first-order valence-corrected chi connectivity index (χ1v) is 9.54. The van der Waals surface area contributed by atoms with Gasteiger partial charge in [-0.3, -0.25) is 14.6 Å². The summed E-state index contributed by atoms with van der Waals surface area (Å²) in [5.41, 5.74) is 0.348. The lowest BCUT2D eigenvalue weighted by Gasteiger charge is -2.14. The molecule has 0 radical (unpaired) electrons. The molecular weight excluding hydrogens is 434 g/mol. The van der Waals surface area contributed by atoms with E-state index in [2.05, 4.69) is 40.6 Å². The number of hydrogen-bond donors (Lipinski definition) is 1. The highest BCUT2D eigenvalue weighted by Crippen LogP contribution is 2.24. The molecule has 27 heavy (non-hydrogen) atoms. The number of nitrogens with zero attached hydrogens (tertiary/aromatic N) is 3. The third kappa shape index (κ3) is 4.06. The predicted molar refractivity (Wildman–Crippen MR) is 110 cm³/mol. The van der Waals surface area contributed by atoms with Gasteiger partial charge >= 0.3 is 0 Å². The van der Waals surface area contributed by atoms with Gasteiger partial charge in [0.15, 0.2) is 5.82 Å². The molecule has 3 rings (SSSR count). The highest BCUT2D eigenvalue weighted by molar-refractivity contribution is 9.10. The fourth-order valence-electron chi connectivity index (χ4n) is 2.71. The van der Waals surface area contributed by atoms with Crippen LogP contribution in [0, 0.1) is 5.82 Å². The van der Waals surface area contributed by atoms with Crippen molar-refractivity contribution >= 4 is 52.8 Å². The summed E-state index contributed by atoms with van der Waals surface area (Å²) in [6.45, 7) is 3.60. The molecule has 140 valence electrons. The molecule has 0 spiro atoms. The summed E-state index contributed by atoms with van der Waals surface area (Å²) >= 11 is 3.41. The van der Waals surface area contributed by atoms with Crippen LogP contribution in [0.15, 0.2) is 39.9 Å². The lowest BCUT2D eigenvalue weighted by atomic mass is 10.0. The van der Waals surface area contributed by atoms with E-state index < -0.39 is 11.7 Å². The summed E-state index contributed by atoms with van der Waals surface area (Å²) in [7, 11) is 2.31. The van der Waals surface area contributed by atoms with E-state index in [4.69, 9.17) is 0 Å². The minimum atomic E-state index is -0.651. The van der Waals surface area contributed by atoms with Gasteiger partial charge in [-0.25, -0.2) is 9.07 Å². The number of carbonyl (C=O) groups excluding carboxylic acids is 1. The van der Waals surface area contributed by atoms with Gasteiger partial charge in [-0.05, 0) is 24.1 Å². The number of rotatable bonds is 4. The van der Waals surface area contributed by atoms with Gasteiger partial charge in [-0.1, -0.05) is 29.8 Å². The number of aromatic nitrogens is 3. The van der Waals surface area contributed by atoms with Crippen LogP contribution >= 0.6 is 25.2 Å². The maximum Gasteiger partial charge on any atom is 0.275 e. The first kappa shape index (κ1) is 19.6. The Labute approximate surface area is 165 Å². The van der Waals surface area contributed by atoms with Crippen molar-refractivity contribution in [3.8, 4) is 0 Å². The molecule has 0 fully saturated rings. The van der Waals surface area contributed by atoms with E-state index in [1.165, 1.54) is 6.20 Å². The van der Waals surface area contributed by atoms with Crippen molar-refractivity contribution in [2.75, 3.05) is 5.32 Å². The quantitative estimate of drug-likeness (QED) is 0.619. The molecule has 9 heteroatoms. The lowest BCUT2D eigenvalue weighted by Crippen LogP contribution is -2.31. The highest BCUT2D eigenvalue weighted by Gasteiger charge is 2.17. The number of anilines is 1. The highest BCUT2D eigenvalue weighted by atomic mass is 79.9. The average molecular weight is 451 g/mol. The van der Waals surface area contributed by atoms with Gasteiger partial charge in [0.1, 0.15) is 6.54 Å². The van der Waals surface area contributed by atoms with E-state index in [1.807, 2.05) is 19.9 Å². The average Bonchev–Trinajstić information content (AvgIpc) is 2.60. The molecule has 3 aromatic rings. The Morgan fingerprint density at radius 1 is 1.33 bits per heavy atom. The van der Waals surface area contributed by atoms with Crippen LogP contribution in [0.2, 0.25) is 0 Å². The van der Waals surface area contributed by atoms with Crippen molar-refractivity contribution in [3.63, 3.8) is 0 Å². The van der Waals surface area contributed by atoms with Crippen molar-refractivity contribution in [2.45, 2.75) is 26.3 Å². The summed E-state index contributed by atoms with van der Waals surface area (Å²) in [5, 5.41) is 8.49. The van der Waals surface area contributed by atoms with E-state index in [-0.39, 0.29) is 23.7 Å². The molecule has 1 atom stereocenters. The minimum Gasteiger partial charge on any atom is -0.321 e. The maximum atomic E-state index is 13.9. The summed E-state index contributed by atoms with van der Waals surface area (Å²) in [4.78, 5) is 28.9. The van der Waals surface area contributed by atoms with Crippen LogP contribution in [0.3, 0.4) is 0 Å². The van der Waals surface area contributed by atoms with Gasteiger partial charge in [-0.2, -0.15) is 5.10 Å². The Kier molecular flexibility index (Phi) is 5.67. The Morgan fingerprint density at radius 2 is 2.07 bits per heavy atom. The second-order valence-corrected chi connectivity index (χ2v) is 7.86. The molecule has 6 nitrogen and oxygen atoms in total. The number of halogens is 2. The fraction of sp³-hybridized carbons (Fsp3) is 0.222. The normalized spacial score (nSPS) is 11.2. The molecule has 2 heterocycles. The maximum absolute atomic E-state index is 13.9. The third-order valence-corrected chi connectivity index (χ3v) is 4.92. The van der Waals surface area contributed by atoms with E-state index in [1.54, 1.807) is 12.1 Å². The third-order valence-electron chi connectivity index (χ3n) is 3.98. The molecule has 0 bridgehead atoms. The second-order valence-electron chi connectivity index (χ2n) is 6.33. The number of benzene rings is 1. The van der Waals surface area contributed by atoms with Gasteiger partial charge in [0.25, 0.3) is 5.56 Å². The van der Waals surface area contributed by atoms with Crippen LogP contribution in [0.5, 0.6) is 0 Å². The van der Waals surface area contributed by atoms with Gasteiger partial charge in [-0.15, -0.1) is 9.24 Å². The first-order valence-electron chi connectivity index (χ1n) is 8.17. The van der Waals surface area contributed by atoms with Gasteiger partial charge in [0.05, 0.1) is 23.0 Å². The molecule has 1 unspecified atom stereocenters. The molecule has 0 saturated carbocycles. The van der Waals surface area contributed by atoms with Crippen molar-refractivity contribution in [3.05, 3.63) is 56.9 Å². The van der Waals surface area contributed by atoms with Crippen LogP contribution < -0.4 is 16.2 Å². The smallest absolute Gasteiger partial charge is 0.275 e. The largest absolute Gasteiger partial charge is 0.321 e. The molecule has 0 aliphatic rings. The van der Waals surface area contributed by atoms with Gasteiger partial charge in [0, 0.05) is 21.4 Å². The Morgan fingerprint density at radius 3 is 2.74 bits per heavy atom. The van der Waals surface area contributed by atoms with Gasteiger partial charge in [0.2, 0.25) is 5.91 Å². The van der Waals surface area contributed by atoms with Crippen LogP contribution in [0.1, 0.15) is 25.5 Å². The van der Waals surface area contributed by atoms with Crippen LogP contribution in [-0.2, 0) is 11.3 Å². The van der Waals surface area contributed by atoms with E-state index in [0.717, 1.165) is 20.7 Å². The number of hydrogen-bond acceptors (Lipinski definition) is 4. The number of nitrogens with one attached hydrogen (secondary N) is 1. The fourth-order valence-corrected chi connectivity index (χ4v) is 3.37. The SMILES string of the molecule is CC(C)c1nn(CC(=O)Nc2c(F)cncc2P)c(=O)c2ccc(Br)cc12. The molecule has 1 aromatic carbocycles. The zero-order chi connectivity index (χ0) is 19.7. The predicted octanol–water partition coefficient (Wildman–Crippen LogP) is 2.96. The van der Waals surface area contributed by atoms with Gasteiger partial charge < -0.3 is 5.32 Å². The standard InChI is InChI=1S/C18H17BrFN4O2P/c1-9(2)16-12-5-10(19)3-4-11(12)18(26)24(23-16)8-15(25)22-17-13(20)6-21-7-14(17)27/h3-7,9H,8,27H2,1-2H3,(H,21,22,25). The molecule has 1 N–H and O–H groups in total. The molecule has 1 amide bonds. The van der Waals surface area contributed by atoms with Crippen molar-refractivity contribution in [1.29, 1.82) is 0 Å². The number of carbonyl (C=O) groups is 1. The number of pyridine rings is 1. The number of amides is 1. The van der Waals surface area contributed by atoms with E-state index >= 15 is 0 Å². The lowest BCUT2D eigenvalue weighted by molar-refractivity contribution is -0.117. The van der Waals surface area contributed by atoms with E-state index in [9.17, 15) is 14.0 Å². The Hall–Kier alpha value is -2.18. The van der Waals surface area contributed by atoms with Crippen molar-refractivity contribution in [1.82, 2.24) is 14.8 Å². The zero-order valence-corrected chi connectivity index (χ0v) is 17.4. The molecule has 0 aliphatic carbocycles. The summed E-state index contributed by atoms with van der Waals surface area (Å²) < 4.78 is 15.8. The molecule has 2 aromatic heterocycles. The Balaban J connectivity index is 2.00.